The first-order chi connectivity index (χ1) is 6.65. The fourth-order valence-corrected chi connectivity index (χ4v) is 1.54. The topological polar surface area (TPSA) is 46.5 Å². The second kappa shape index (κ2) is 3.29. The smallest absolute Gasteiger partial charge is 0.306 e. The zero-order valence-electron chi connectivity index (χ0n) is 7.37. The van der Waals surface area contributed by atoms with Gasteiger partial charge in [0.1, 0.15) is 17.7 Å². The molecule has 1 N–H and O–H groups in total. The number of hydrogen-bond acceptors (Lipinski definition) is 3. The normalized spacial score (nSPS) is 20.9. The fourth-order valence-electron chi connectivity index (χ4n) is 1.54. The van der Waals surface area contributed by atoms with Gasteiger partial charge in [0.05, 0.1) is 0 Å². The van der Waals surface area contributed by atoms with Crippen molar-refractivity contribution in [1.29, 1.82) is 0 Å². The molecule has 0 aromatic heterocycles. The van der Waals surface area contributed by atoms with Gasteiger partial charge >= 0.3 is 5.97 Å². The Morgan fingerprint density at radius 1 is 1.43 bits per heavy atom. The van der Waals surface area contributed by atoms with Crippen molar-refractivity contribution in [1.82, 2.24) is 0 Å². The van der Waals surface area contributed by atoms with Gasteiger partial charge in [0.15, 0.2) is 0 Å². The lowest BCUT2D eigenvalue weighted by atomic mass is 10.1. The number of esters is 1. The second-order valence-corrected chi connectivity index (χ2v) is 3.26. The molecule has 1 aliphatic heterocycles. The molecule has 0 bridgehead atoms. The van der Waals surface area contributed by atoms with Crippen LogP contribution in [0.15, 0.2) is 18.2 Å². The van der Waals surface area contributed by atoms with Gasteiger partial charge in [-0.05, 0) is 24.1 Å². The summed E-state index contributed by atoms with van der Waals surface area (Å²) >= 11 is 0. The third-order valence-electron chi connectivity index (χ3n) is 2.16. The summed E-state index contributed by atoms with van der Waals surface area (Å²) in [6.07, 6.45) is 0.480. The van der Waals surface area contributed by atoms with E-state index >= 15 is 0 Å². The highest BCUT2D eigenvalue weighted by Crippen LogP contribution is 2.31. The van der Waals surface area contributed by atoms with Crippen molar-refractivity contribution >= 4 is 5.97 Å². The van der Waals surface area contributed by atoms with Gasteiger partial charge in [0.25, 0.3) is 0 Å². The van der Waals surface area contributed by atoms with E-state index in [-0.39, 0.29) is 11.7 Å². The first-order valence-electron chi connectivity index (χ1n) is 4.34. The number of carbonyl (C=O) groups excluding carboxylic acids is 1. The van der Waals surface area contributed by atoms with Gasteiger partial charge in [0.2, 0.25) is 0 Å². The number of benzene rings is 1. The van der Waals surface area contributed by atoms with Crippen LogP contribution in [0.5, 0.6) is 5.75 Å². The minimum atomic E-state index is -0.525. The molecule has 0 amide bonds. The van der Waals surface area contributed by atoms with Gasteiger partial charge in [-0.15, -0.1) is 0 Å². The van der Waals surface area contributed by atoms with Crippen LogP contribution in [0.4, 0.5) is 4.39 Å². The van der Waals surface area contributed by atoms with Crippen LogP contribution in [0, 0.1) is 5.82 Å². The Labute approximate surface area is 80.1 Å². The number of phenolic OH excluding ortho intramolecular Hbond substituents is 1. The lowest BCUT2D eigenvalue weighted by Gasteiger charge is -2.09. The van der Waals surface area contributed by atoms with Crippen molar-refractivity contribution < 1.29 is 19.0 Å². The van der Waals surface area contributed by atoms with Gasteiger partial charge in [-0.3, -0.25) is 4.79 Å². The standard InChI is InChI=1S/C10H9FO3/c11-7-3-6(4-8(12)5-7)9-1-2-10(13)14-9/h3-5,9,12H,1-2H2. The number of halogens is 1. The molecule has 1 heterocycles. The largest absolute Gasteiger partial charge is 0.508 e. The van der Waals surface area contributed by atoms with Gasteiger partial charge in [-0.1, -0.05) is 0 Å². The van der Waals surface area contributed by atoms with Crippen molar-refractivity contribution in [2.45, 2.75) is 18.9 Å². The first-order valence-corrected chi connectivity index (χ1v) is 4.34. The van der Waals surface area contributed by atoms with Crippen molar-refractivity contribution in [3.05, 3.63) is 29.6 Å². The van der Waals surface area contributed by atoms with Crippen molar-refractivity contribution in [2.24, 2.45) is 0 Å². The minimum Gasteiger partial charge on any atom is -0.508 e. The Morgan fingerprint density at radius 3 is 2.79 bits per heavy atom. The van der Waals surface area contributed by atoms with Gasteiger partial charge in [-0.25, -0.2) is 4.39 Å². The maximum Gasteiger partial charge on any atom is 0.306 e. The van der Waals surface area contributed by atoms with E-state index in [1.165, 1.54) is 12.1 Å². The Bertz CT molecular complexity index is 355. The van der Waals surface area contributed by atoms with Crippen LogP contribution in [-0.2, 0) is 9.53 Å². The summed E-state index contributed by atoms with van der Waals surface area (Å²) in [4.78, 5) is 10.8. The summed E-state index contributed by atoms with van der Waals surface area (Å²) in [5.74, 6) is -0.954. The van der Waals surface area contributed by atoms with E-state index in [2.05, 4.69) is 0 Å². The Kier molecular flexibility index (Phi) is 2.11. The minimum absolute atomic E-state index is 0.150. The average Bonchev–Trinajstić information content (AvgIpc) is 2.50. The van der Waals surface area contributed by atoms with Crippen LogP contribution < -0.4 is 0 Å². The summed E-state index contributed by atoms with van der Waals surface area (Å²) in [5, 5.41) is 9.14. The molecule has 3 nitrogen and oxygen atoms in total. The number of hydrogen-bond donors (Lipinski definition) is 1. The predicted octanol–water partition coefficient (Wildman–Crippen LogP) is 1.91. The number of ether oxygens (including phenoxy) is 1. The quantitative estimate of drug-likeness (QED) is 0.698. The molecule has 0 spiro atoms. The monoisotopic (exact) mass is 196 g/mol. The van der Waals surface area contributed by atoms with Gasteiger partial charge in [-0.2, -0.15) is 0 Å². The van der Waals surface area contributed by atoms with E-state index in [0.717, 1.165) is 6.07 Å². The van der Waals surface area contributed by atoms with Crippen LogP contribution in [0.3, 0.4) is 0 Å². The Balaban J connectivity index is 2.27. The molecule has 1 aromatic rings. The van der Waals surface area contributed by atoms with Gasteiger partial charge < -0.3 is 9.84 Å². The summed E-state index contributed by atoms with van der Waals surface area (Å²) < 4.78 is 17.8. The van der Waals surface area contributed by atoms with E-state index in [9.17, 15) is 9.18 Å². The molecule has 0 aliphatic carbocycles. The van der Waals surface area contributed by atoms with Crippen LogP contribution in [-0.4, -0.2) is 11.1 Å². The molecule has 4 heteroatoms. The average molecular weight is 196 g/mol. The lowest BCUT2D eigenvalue weighted by molar-refractivity contribution is -0.141. The Morgan fingerprint density at radius 2 is 2.21 bits per heavy atom. The summed E-state index contributed by atoms with van der Waals surface area (Å²) in [6, 6.07) is 3.69. The van der Waals surface area contributed by atoms with Gasteiger partial charge in [0, 0.05) is 12.5 Å². The molecule has 1 aliphatic rings. The van der Waals surface area contributed by atoms with Crippen LogP contribution in [0.25, 0.3) is 0 Å². The van der Waals surface area contributed by atoms with E-state index in [1.807, 2.05) is 0 Å². The number of phenols is 1. The van der Waals surface area contributed by atoms with Crippen molar-refractivity contribution in [3.63, 3.8) is 0 Å². The van der Waals surface area contributed by atoms with Crippen LogP contribution in [0.2, 0.25) is 0 Å². The van der Waals surface area contributed by atoms with Crippen molar-refractivity contribution in [3.8, 4) is 5.75 Å². The third kappa shape index (κ3) is 1.69. The molecule has 1 atom stereocenters. The summed E-state index contributed by atoms with van der Waals surface area (Å²) in [7, 11) is 0. The zero-order chi connectivity index (χ0) is 10.1. The summed E-state index contributed by atoms with van der Waals surface area (Å²) in [5.41, 5.74) is 0.508. The molecular formula is C10H9FO3. The molecule has 1 unspecified atom stereocenters. The fraction of sp³-hybridized carbons (Fsp3) is 0.300. The number of aromatic hydroxyl groups is 1. The second-order valence-electron chi connectivity index (χ2n) is 3.26. The molecule has 74 valence electrons. The molecule has 0 saturated carbocycles. The van der Waals surface area contributed by atoms with Crippen molar-refractivity contribution in [2.75, 3.05) is 0 Å². The Hall–Kier alpha value is -1.58. The SMILES string of the molecule is O=C1CCC(c2cc(O)cc(F)c2)O1. The molecule has 14 heavy (non-hydrogen) atoms. The highest BCUT2D eigenvalue weighted by molar-refractivity contribution is 5.71. The zero-order valence-corrected chi connectivity index (χ0v) is 7.37. The highest BCUT2D eigenvalue weighted by atomic mass is 19.1. The molecule has 1 fully saturated rings. The molecule has 0 radical (unpaired) electrons. The molecule has 2 rings (SSSR count). The third-order valence-corrected chi connectivity index (χ3v) is 2.16. The molecular weight excluding hydrogens is 187 g/mol. The van der Waals surface area contributed by atoms with E-state index < -0.39 is 11.9 Å². The van der Waals surface area contributed by atoms with Crippen LogP contribution in [0.1, 0.15) is 24.5 Å². The molecule has 1 aromatic carbocycles. The highest BCUT2D eigenvalue weighted by Gasteiger charge is 2.25. The maximum absolute atomic E-state index is 12.9. The number of rotatable bonds is 1. The number of carbonyl (C=O) groups is 1. The van der Waals surface area contributed by atoms with E-state index in [1.54, 1.807) is 0 Å². The number of cyclic esters (lactones) is 1. The predicted molar refractivity (Wildman–Crippen MR) is 46.1 cm³/mol. The molecule has 1 saturated heterocycles. The lowest BCUT2D eigenvalue weighted by Crippen LogP contribution is -1.98. The van der Waals surface area contributed by atoms with Crippen LogP contribution >= 0.6 is 0 Å². The maximum atomic E-state index is 12.9. The van der Waals surface area contributed by atoms with E-state index in [0.29, 0.717) is 18.4 Å². The summed E-state index contributed by atoms with van der Waals surface area (Å²) in [6.45, 7) is 0. The van der Waals surface area contributed by atoms with E-state index in [4.69, 9.17) is 9.84 Å². The first kappa shape index (κ1) is 8.99.